The summed E-state index contributed by atoms with van der Waals surface area (Å²) in [6.45, 7) is 0. The van der Waals surface area contributed by atoms with Gasteiger partial charge in [0.2, 0.25) is 0 Å². The quantitative estimate of drug-likeness (QED) is 0.0507. The van der Waals surface area contributed by atoms with E-state index in [1.807, 2.05) is 0 Å². The third-order valence-corrected chi connectivity index (χ3v) is 9.71. The van der Waals surface area contributed by atoms with E-state index in [4.69, 9.17) is 19.8 Å². The second-order valence-electron chi connectivity index (χ2n) is 10.4. The Hall–Kier alpha value is -5.91. The van der Waals surface area contributed by atoms with Crippen molar-refractivity contribution in [1.29, 1.82) is 0 Å². The van der Waals surface area contributed by atoms with Crippen molar-refractivity contribution in [2.24, 2.45) is 30.7 Å². The number of phenols is 1. The topological polar surface area (TPSA) is 302 Å². The van der Waals surface area contributed by atoms with Gasteiger partial charge >= 0.3 is 0 Å². The summed E-state index contributed by atoms with van der Waals surface area (Å²) in [5.74, 6) is -0.514. The minimum atomic E-state index is -5.10. The molecule has 19 nitrogen and oxygen atoms in total. The SMILES string of the molecule is COc1cc(N=Nc2ccc3c(S(=O)(=O)O)cc(S(=O)(=O)O)c(N)c3c2O)c(OC)cc1N=Nc1ccc(N=Nc2ccc(S(=O)(=O)O)cc2)cc1. The lowest BCUT2D eigenvalue weighted by atomic mass is 10.1. The van der Waals surface area contributed by atoms with Crippen LogP contribution in [0.3, 0.4) is 0 Å². The van der Waals surface area contributed by atoms with Gasteiger partial charge in [0.1, 0.15) is 38.4 Å². The largest absolute Gasteiger partial charge is 0.505 e. The van der Waals surface area contributed by atoms with Crippen molar-refractivity contribution >= 4 is 80.9 Å². The molecule has 52 heavy (non-hydrogen) atoms. The highest BCUT2D eigenvalue weighted by atomic mass is 32.2. The molecule has 0 radical (unpaired) electrons. The van der Waals surface area contributed by atoms with Crippen LogP contribution in [0.2, 0.25) is 0 Å². The molecule has 0 aromatic heterocycles. The Kier molecular flexibility index (Phi) is 10.3. The van der Waals surface area contributed by atoms with E-state index in [1.165, 1.54) is 50.6 Å². The lowest BCUT2D eigenvalue weighted by Crippen LogP contribution is -2.08. The number of ether oxygens (including phenoxy) is 2. The summed E-state index contributed by atoms with van der Waals surface area (Å²) < 4.78 is 109. The Morgan fingerprint density at radius 1 is 0.538 bits per heavy atom. The summed E-state index contributed by atoms with van der Waals surface area (Å²) in [5, 5.41) is 34.6. The van der Waals surface area contributed by atoms with Crippen molar-refractivity contribution in [3.05, 3.63) is 78.9 Å². The molecular formula is C30H25N7O12S3. The summed E-state index contributed by atoms with van der Waals surface area (Å²) in [4.78, 5) is -2.28. The molecule has 0 saturated carbocycles. The predicted octanol–water partition coefficient (Wildman–Crippen LogP) is 7.13. The number of nitrogen functional groups attached to an aromatic ring is 1. The minimum Gasteiger partial charge on any atom is -0.505 e. The number of fused-ring (bicyclic) bond motifs is 1. The molecule has 270 valence electrons. The van der Waals surface area contributed by atoms with Crippen LogP contribution in [0.5, 0.6) is 17.2 Å². The molecule has 0 aliphatic heterocycles. The van der Waals surface area contributed by atoms with E-state index in [1.54, 1.807) is 24.3 Å². The minimum absolute atomic E-state index is 0.0680. The molecular weight excluding hydrogens is 747 g/mol. The van der Waals surface area contributed by atoms with Crippen LogP contribution in [0.1, 0.15) is 0 Å². The zero-order valence-electron chi connectivity index (χ0n) is 26.5. The first-order valence-electron chi connectivity index (χ1n) is 14.1. The zero-order chi connectivity index (χ0) is 38.0. The van der Waals surface area contributed by atoms with Gasteiger partial charge in [-0.1, -0.05) is 6.07 Å². The number of azo groups is 3. The molecule has 5 aromatic rings. The number of nitrogens with two attached hydrogens (primary N) is 1. The highest BCUT2D eigenvalue weighted by Gasteiger charge is 2.26. The van der Waals surface area contributed by atoms with Gasteiger partial charge in [-0.3, -0.25) is 13.7 Å². The summed E-state index contributed by atoms with van der Waals surface area (Å²) >= 11 is 0. The summed E-state index contributed by atoms with van der Waals surface area (Å²) in [6.07, 6.45) is 0. The number of rotatable bonds is 11. The maximum atomic E-state index is 12.0. The maximum Gasteiger partial charge on any atom is 0.296 e. The number of hydrogen-bond acceptors (Lipinski definition) is 16. The second kappa shape index (κ2) is 14.4. The van der Waals surface area contributed by atoms with Crippen molar-refractivity contribution in [1.82, 2.24) is 0 Å². The van der Waals surface area contributed by atoms with Crippen molar-refractivity contribution in [3.63, 3.8) is 0 Å². The van der Waals surface area contributed by atoms with Crippen LogP contribution in [-0.2, 0) is 30.4 Å². The molecule has 0 fully saturated rings. The number of hydrogen-bond donors (Lipinski definition) is 5. The van der Waals surface area contributed by atoms with Crippen LogP contribution >= 0.6 is 0 Å². The Bertz CT molecular complexity index is 2630. The Labute approximate surface area is 295 Å². The highest BCUT2D eigenvalue weighted by molar-refractivity contribution is 7.87. The summed E-state index contributed by atoms with van der Waals surface area (Å²) in [6, 6.07) is 17.1. The van der Waals surface area contributed by atoms with Crippen LogP contribution in [0.4, 0.5) is 39.8 Å². The Balaban J connectivity index is 1.41. The predicted molar refractivity (Wildman–Crippen MR) is 184 cm³/mol. The third kappa shape index (κ3) is 8.17. The molecule has 22 heteroatoms. The van der Waals surface area contributed by atoms with Crippen molar-refractivity contribution in [2.75, 3.05) is 20.0 Å². The van der Waals surface area contributed by atoms with Gasteiger partial charge in [0, 0.05) is 17.5 Å². The molecule has 5 rings (SSSR count). The number of methoxy groups -OCH3 is 2. The van der Waals surface area contributed by atoms with Gasteiger partial charge in [-0.25, -0.2) is 0 Å². The van der Waals surface area contributed by atoms with E-state index in [0.29, 0.717) is 23.1 Å². The van der Waals surface area contributed by atoms with E-state index < -0.39 is 57.0 Å². The lowest BCUT2D eigenvalue weighted by molar-refractivity contribution is 0.405. The molecule has 0 heterocycles. The first-order valence-corrected chi connectivity index (χ1v) is 18.4. The molecule has 0 aliphatic rings. The van der Waals surface area contributed by atoms with Crippen LogP contribution < -0.4 is 15.2 Å². The van der Waals surface area contributed by atoms with Crippen molar-refractivity contribution in [2.45, 2.75) is 14.7 Å². The lowest BCUT2D eigenvalue weighted by Gasteiger charge is -2.13. The van der Waals surface area contributed by atoms with Gasteiger partial charge in [0.05, 0.1) is 47.3 Å². The van der Waals surface area contributed by atoms with E-state index >= 15 is 0 Å². The highest BCUT2D eigenvalue weighted by Crippen LogP contribution is 2.45. The molecule has 6 N–H and O–H groups in total. The van der Waals surface area contributed by atoms with E-state index in [2.05, 4.69) is 30.7 Å². The number of aromatic hydroxyl groups is 1. The molecule has 0 aliphatic carbocycles. The maximum absolute atomic E-state index is 12.0. The Morgan fingerprint density at radius 3 is 1.40 bits per heavy atom. The number of nitrogens with zero attached hydrogens (tertiary/aromatic N) is 6. The van der Waals surface area contributed by atoms with Gasteiger partial charge in [0.25, 0.3) is 30.4 Å². The molecule has 0 amide bonds. The van der Waals surface area contributed by atoms with Crippen LogP contribution in [-0.4, -0.2) is 58.2 Å². The molecule has 0 unspecified atom stereocenters. The van der Waals surface area contributed by atoms with E-state index in [9.17, 15) is 39.5 Å². The van der Waals surface area contributed by atoms with Gasteiger partial charge in [0.15, 0.2) is 5.75 Å². The first kappa shape index (κ1) is 37.3. The van der Waals surface area contributed by atoms with Crippen LogP contribution in [0, 0.1) is 0 Å². The standard InChI is InChI=1S/C30H25N7O12S3/c1-48-24-14-23(37-35-21-12-11-20-26(51(42,43)44)15-27(52(45,46)47)29(31)28(20)30(21)38)25(49-2)13-22(24)36-34-17-5-3-16(4-6-17)32-33-18-7-9-19(10-8-18)50(39,40)41/h3-15,38H,31H2,1-2H3,(H,39,40,41)(H,42,43,44)(H,45,46,47). The average Bonchev–Trinajstić information content (AvgIpc) is 3.08. The molecule has 0 saturated heterocycles. The van der Waals surface area contributed by atoms with Gasteiger partial charge < -0.3 is 20.3 Å². The number of anilines is 1. The normalized spacial score (nSPS) is 12.7. The van der Waals surface area contributed by atoms with E-state index in [0.717, 1.165) is 12.1 Å². The fourth-order valence-electron chi connectivity index (χ4n) is 4.59. The van der Waals surface area contributed by atoms with Crippen LogP contribution in [0.15, 0.2) is 124 Å². The number of phenolic OH excluding ortho intramolecular Hbond substituents is 1. The molecule has 0 bridgehead atoms. The average molecular weight is 772 g/mol. The van der Waals surface area contributed by atoms with Crippen molar-refractivity contribution < 1.29 is 53.5 Å². The first-order chi connectivity index (χ1) is 24.4. The number of benzene rings is 5. The smallest absolute Gasteiger partial charge is 0.296 e. The monoisotopic (exact) mass is 771 g/mol. The van der Waals surface area contributed by atoms with Gasteiger partial charge in [-0.15, -0.1) is 15.3 Å². The fourth-order valence-corrected chi connectivity index (χ4v) is 6.51. The Morgan fingerprint density at radius 2 is 0.962 bits per heavy atom. The second-order valence-corrected chi connectivity index (χ2v) is 14.6. The summed E-state index contributed by atoms with van der Waals surface area (Å²) in [7, 11) is -11.8. The molecule has 0 spiro atoms. The third-order valence-electron chi connectivity index (χ3n) is 7.06. The van der Waals surface area contributed by atoms with E-state index in [-0.39, 0.29) is 38.8 Å². The summed E-state index contributed by atoms with van der Waals surface area (Å²) in [5.41, 5.74) is 6.37. The molecule has 0 atom stereocenters. The molecule has 5 aromatic carbocycles. The van der Waals surface area contributed by atoms with Gasteiger partial charge in [-0.2, -0.15) is 40.6 Å². The van der Waals surface area contributed by atoms with Crippen molar-refractivity contribution in [3.8, 4) is 17.2 Å². The van der Waals surface area contributed by atoms with Gasteiger partial charge in [-0.05, 0) is 60.7 Å². The fraction of sp³-hybridized carbons (Fsp3) is 0.0667. The zero-order valence-corrected chi connectivity index (χ0v) is 29.0. The van der Waals surface area contributed by atoms with Crippen LogP contribution in [0.25, 0.3) is 10.8 Å².